The van der Waals surface area contributed by atoms with Gasteiger partial charge in [0.1, 0.15) is 5.75 Å². The molecule has 1 aromatic carbocycles. The molecule has 3 rings (SSSR count). The van der Waals surface area contributed by atoms with Crippen molar-refractivity contribution >= 4 is 22.5 Å². The number of hydrogen-bond acceptors (Lipinski definition) is 4. The molecule has 2 aromatic heterocycles. The number of amides is 1. The van der Waals surface area contributed by atoms with Crippen LogP contribution in [0.5, 0.6) is 5.75 Å². The fourth-order valence-electron chi connectivity index (χ4n) is 1.89. The van der Waals surface area contributed by atoms with Gasteiger partial charge in [0.2, 0.25) is 0 Å². The number of hydrogen-bond donors (Lipinski definition) is 2. The highest BCUT2D eigenvalue weighted by molar-refractivity contribution is 6.04. The number of carbonyl (C=O) groups excluding carboxylic acids is 1. The Bertz CT molecular complexity index is 787. The average Bonchev–Trinajstić information content (AvgIpc) is 2.47. The van der Waals surface area contributed by atoms with Crippen molar-refractivity contribution in [2.45, 2.75) is 0 Å². The number of anilines is 1. The predicted octanol–water partition coefficient (Wildman–Crippen LogP) is 2.59. The van der Waals surface area contributed by atoms with Gasteiger partial charge in [0.25, 0.3) is 5.91 Å². The van der Waals surface area contributed by atoms with Gasteiger partial charge in [-0.05, 0) is 18.2 Å². The zero-order chi connectivity index (χ0) is 13.9. The van der Waals surface area contributed by atoms with Crippen molar-refractivity contribution in [3.63, 3.8) is 0 Å². The van der Waals surface area contributed by atoms with Crippen LogP contribution < -0.4 is 5.32 Å². The third-order valence-corrected chi connectivity index (χ3v) is 2.83. The number of aromatic nitrogens is 2. The number of nitrogens with zero attached hydrogens (tertiary/aromatic N) is 2. The Labute approximate surface area is 114 Å². The summed E-state index contributed by atoms with van der Waals surface area (Å²) >= 11 is 0. The molecule has 2 heterocycles. The zero-order valence-electron chi connectivity index (χ0n) is 10.4. The van der Waals surface area contributed by atoms with Crippen molar-refractivity contribution in [1.29, 1.82) is 0 Å². The van der Waals surface area contributed by atoms with Gasteiger partial charge in [-0.25, -0.2) is 0 Å². The number of benzene rings is 1. The fraction of sp³-hybridized carbons (Fsp3) is 0. The van der Waals surface area contributed by atoms with Crippen LogP contribution in [0.2, 0.25) is 0 Å². The van der Waals surface area contributed by atoms with E-state index in [1.54, 1.807) is 6.20 Å². The van der Waals surface area contributed by atoms with Crippen molar-refractivity contribution in [3.8, 4) is 5.75 Å². The molecule has 0 atom stereocenters. The van der Waals surface area contributed by atoms with Gasteiger partial charge in [-0.3, -0.25) is 14.8 Å². The Balaban J connectivity index is 1.87. The summed E-state index contributed by atoms with van der Waals surface area (Å²) in [4.78, 5) is 20.0. The van der Waals surface area contributed by atoms with Gasteiger partial charge >= 0.3 is 0 Å². The van der Waals surface area contributed by atoms with Crippen LogP contribution in [0.3, 0.4) is 0 Å². The van der Waals surface area contributed by atoms with Gasteiger partial charge in [0, 0.05) is 11.6 Å². The van der Waals surface area contributed by atoms with Gasteiger partial charge < -0.3 is 10.4 Å². The Morgan fingerprint density at radius 3 is 2.80 bits per heavy atom. The topological polar surface area (TPSA) is 75.1 Å². The molecule has 0 aliphatic rings. The second-order valence-electron chi connectivity index (χ2n) is 4.30. The second-order valence-corrected chi connectivity index (χ2v) is 4.30. The van der Waals surface area contributed by atoms with Crippen molar-refractivity contribution < 1.29 is 9.90 Å². The van der Waals surface area contributed by atoms with Crippen LogP contribution in [0, 0.1) is 0 Å². The van der Waals surface area contributed by atoms with E-state index in [2.05, 4.69) is 15.3 Å². The molecule has 0 unspecified atom stereocenters. The lowest BCUT2D eigenvalue weighted by Gasteiger charge is -2.06. The van der Waals surface area contributed by atoms with E-state index in [9.17, 15) is 9.90 Å². The van der Waals surface area contributed by atoms with Crippen LogP contribution in [0.1, 0.15) is 10.4 Å². The van der Waals surface area contributed by atoms with Gasteiger partial charge in [-0.15, -0.1) is 0 Å². The fourth-order valence-corrected chi connectivity index (χ4v) is 1.89. The van der Waals surface area contributed by atoms with E-state index in [0.29, 0.717) is 5.69 Å². The highest BCUT2D eigenvalue weighted by Crippen LogP contribution is 2.17. The molecule has 5 nitrogen and oxygen atoms in total. The monoisotopic (exact) mass is 265 g/mol. The minimum Gasteiger partial charge on any atom is -0.506 e. The van der Waals surface area contributed by atoms with Crippen LogP contribution in [0.25, 0.3) is 10.9 Å². The van der Waals surface area contributed by atoms with E-state index in [1.807, 2.05) is 30.3 Å². The van der Waals surface area contributed by atoms with Crippen molar-refractivity contribution in [2.75, 3.05) is 5.32 Å². The Hall–Kier alpha value is -2.95. The number of para-hydroxylation sites is 1. The van der Waals surface area contributed by atoms with Crippen LogP contribution >= 0.6 is 0 Å². The predicted molar refractivity (Wildman–Crippen MR) is 75.6 cm³/mol. The molecule has 0 saturated carbocycles. The number of rotatable bonds is 2. The highest BCUT2D eigenvalue weighted by atomic mass is 16.3. The molecule has 0 spiro atoms. The van der Waals surface area contributed by atoms with Crippen molar-refractivity contribution in [2.24, 2.45) is 0 Å². The summed E-state index contributed by atoms with van der Waals surface area (Å²) in [6.45, 7) is 0. The second kappa shape index (κ2) is 4.97. The first-order valence-electron chi connectivity index (χ1n) is 6.02. The quantitative estimate of drug-likeness (QED) is 0.746. The molecule has 98 valence electrons. The van der Waals surface area contributed by atoms with E-state index in [1.165, 1.54) is 18.5 Å². The zero-order valence-corrected chi connectivity index (χ0v) is 10.4. The Morgan fingerprint density at radius 1 is 1.10 bits per heavy atom. The van der Waals surface area contributed by atoms with E-state index in [0.717, 1.165) is 10.9 Å². The van der Waals surface area contributed by atoms with E-state index >= 15 is 0 Å². The lowest BCUT2D eigenvalue weighted by molar-refractivity contribution is 0.102. The third kappa shape index (κ3) is 2.42. The summed E-state index contributed by atoms with van der Waals surface area (Å²) in [5, 5.41) is 13.0. The summed E-state index contributed by atoms with van der Waals surface area (Å²) in [7, 11) is 0. The van der Waals surface area contributed by atoms with E-state index in [4.69, 9.17) is 0 Å². The average molecular weight is 265 g/mol. The van der Waals surface area contributed by atoms with Gasteiger partial charge in [0.05, 0.1) is 29.2 Å². The van der Waals surface area contributed by atoms with E-state index < -0.39 is 0 Å². The van der Waals surface area contributed by atoms with Crippen molar-refractivity contribution in [1.82, 2.24) is 9.97 Å². The number of aromatic hydroxyl groups is 1. The minimum absolute atomic E-state index is 0.0470. The molecular weight excluding hydrogens is 254 g/mol. The van der Waals surface area contributed by atoms with Crippen LogP contribution in [-0.4, -0.2) is 21.0 Å². The van der Waals surface area contributed by atoms with Gasteiger partial charge in [-0.1, -0.05) is 18.2 Å². The van der Waals surface area contributed by atoms with Gasteiger partial charge in [0.15, 0.2) is 0 Å². The third-order valence-electron chi connectivity index (χ3n) is 2.83. The molecular formula is C15H11N3O2. The number of nitrogens with one attached hydrogen (secondary N) is 1. The maximum atomic E-state index is 12.0. The lowest BCUT2D eigenvalue weighted by Crippen LogP contribution is -2.12. The molecule has 0 aliphatic heterocycles. The molecule has 5 heteroatoms. The first-order valence-corrected chi connectivity index (χ1v) is 6.02. The minimum atomic E-state index is -0.342. The maximum Gasteiger partial charge on any atom is 0.257 e. The standard InChI is InChI=1S/C15H11N3O2/c19-13-6-11(7-16-9-13)15(20)18-12-5-10-3-1-2-4-14(10)17-8-12/h1-9,19H,(H,18,20). The number of fused-ring (bicyclic) bond motifs is 1. The Kier molecular flexibility index (Phi) is 3.01. The molecule has 0 bridgehead atoms. The molecule has 20 heavy (non-hydrogen) atoms. The van der Waals surface area contributed by atoms with Crippen LogP contribution in [-0.2, 0) is 0 Å². The number of carbonyl (C=O) groups is 1. The molecule has 1 amide bonds. The summed E-state index contributed by atoms with van der Waals surface area (Å²) in [6, 6.07) is 10.8. The molecule has 3 aromatic rings. The largest absolute Gasteiger partial charge is 0.506 e. The highest BCUT2D eigenvalue weighted by Gasteiger charge is 2.08. The first-order chi connectivity index (χ1) is 9.72. The molecule has 0 radical (unpaired) electrons. The SMILES string of the molecule is O=C(Nc1cnc2ccccc2c1)c1cncc(O)c1. The smallest absolute Gasteiger partial charge is 0.257 e. The van der Waals surface area contributed by atoms with Crippen molar-refractivity contribution in [3.05, 3.63) is 60.6 Å². The molecule has 0 fully saturated rings. The molecule has 0 aliphatic carbocycles. The lowest BCUT2D eigenvalue weighted by atomic mass is 10.2. The summed E-state index contributed by atoms with van der Waals surface area (Å²) in [5.41, 5.74) is 1.75. The summed E-state index contributed by atoms with van der Waals surface area (Å²) < 4.78 is 0. The van der Waals surface area contributed by atoms with E-state index in [-0.39, 0.29) is 17.2 Å². The van der Waals surface area contributed by atoms with Crippen LogP contribution in [0.15, 0.2) is 55.0 Å². The summed E-state index contributed by atoms with van der Waals surface area (Å²) in [6.07, 6.45) is 4.26. The van der Waals surface area contributed by atoms with Gasteiger partial charge in [-0.2, -0.15) is 0 Å². The first kappa shape index (κ1) is 12.1. The molecule has 0 saturated heterocycles. The normalized spacial score (nSPS) is 10.4. The summed E-state index contributed by atoms with van der Waals surface area (Å²) in [5.74, 6) is -0.389. The molecule has 2 N–H and O–H groups in total. The number of pyridine rings is 2. The Morgan fingerprint density at radius 2 is 1.95 bits per heavy atom. The maximum absolute atomic E-state index is 12.0. The van der Waals surface area contributed by atoms with Crippen LogP contribution in [0.4, 0.5) is 5.69 Å².